The maximum atomic E-state index is 11.6. The van der Waals surface area contributed by atoms with Crippen LogP contribution in [-0.2, 0) is 0 Å². The van der Waals surface area contributed by atoms with Gasteiger partial charge in [-0.25, -0.2) is 4.79 Å². The van der Waals surface area contributed by atoms with Crippen LogP contribution in [0.2, 0.25) is 0 Å². The Morgan fingerprint density at radius 1 is 1.03 bits per heavy atom. The monoisotopic (exact) mass is 500 g/mol. The topological polar surface area (TPSA) is 88.9 Å². The van der Waals surface area contributed by atoms with Crippen molar-refractivity contribution in [2.45, 2.75) is 12.1 Å². The van der Waals surface area contributed by atoms with E-state index < -0.39 is 5.97 Å². The second-order valence-electron chi connectivity index (χ2n) is 8.19. The molecule has 36 heavy (non-hydrogen) atoms. The van der Waals surface area contributed by atoms with Crippen molar-refractivity contribution in [2.75, 3.05) is 19.1 Å². The van der Waals surface area contributed by atoms with Gasteiger partial charge in [0.1, 0.15) is 17.5 Å². The molecule has 0 unspecified atom stereocenters. The molecule has 0 bridgehead atoms. The first-order valence-corrected chi connectivity index (χ1v) is 11.7. The Hall–Kier alpha value is -4.37. The number of benzene rings is 2. The molecule has 1 fully saturated rings. The molecule has 5 rings (SSSR count). The lowest BCUT2D eigenvalue weighted by Crippen LogP contribution is -2.30. The van der Waals surface area contributed by atoms with Crippen molar-refractivity contribution in [3.05, 3.63) is 102 Å². The largest absolute Gasteiger partial charge is 0.497 e. The number of pyridine rings is 1. The van der Waals surface area contributed by atoms with Crippen molar-refractivity contribution in [2.24, 2.45) is 0 Å². The Morgan fingerprint density at radius 2 is 1.89 bits per heavy atom. The van der Waals surface area contributed by atoms with E-state index in [0.29, 0.717) is 16.6 Å². The van der Waals surface area contributed by atoms with Crippen molar-refractivity contribution in [1.82, 2.24) is 14.9 Å². The number of aromatic nitrogens is 2. The van der Waals surface area contributed by atoms with E-state index in [-0.39, 0.29) is 17.6 Å². The van der Waals surface area contributed by atoms with Crippen LogP contribution in [0.5, 0.6) is 11.5 Å². The lowest BCUT2D eigenvalue weighted by atomic mass is 10.0. The van der Waals surface area contributed by atoms with Crippen LogP contribution in [0.25, 0.3) is 5.69 Å². The van der Waals surface area contributed by atoms with Gasteiger partial charge in [-0.2, -0.15) is 0 Å². The Labute approximate surface area is 213 Å². The Balaban J connectivity index is 1.69. The SMILES string of the molecule is COc1ccc(N2C(=S)N[C@H](c3ccccn3)[C@@H]2c2cccn2-c2cccc(C(=O)O)c2)c(OC)c1. The summed E-state index contributed by atoms with van der Waals surface area (Å²) in [7, 11) is 3.21. The van der Waals surface area contributed by atoms with Crippen LogP contribution in [0, 0.1) is 0 Å². The van der Waals surface area contributed by atoms with E-state index in [0.717, 1.165) is 22.8 Å². The van der Waals surface area contributed by atoms with E-state index in [1.807, 2.05) is 70.3 Å². The number of hydrogen-bond donors (Lipinski definition) is 2. The number of hydrogen-bond acceptors (Lipinski definition) is 5. The minimum Gasteiger partial charge on any atom is -0.497 e. The molecule has 2 N–H and O–H groups in total. The molecular formula is C27H24N4O4S. The van der Waals surface area contributed by atoms with Crippen molar-refractivity contribution in [3.63, 3.8) is 0 Å². The predicted octanol–water partition coefficient (Wildman–Crippen LogP) is 4.76. The first kappa shape index (κ1) is 23.4. The van der Waals surface area contributed by atoms with Crippen molar-refractivity contribution in [1.29, 1.82) is 0 Å². The van der Waals surface area contributed by atoms with Gasteiger partial charge in [-0.15, -0.1) is 0 Å². The maximum absolute atomic E-state index is 11.6. The van der Waals surface area contributed by atoms with Gasteiger partial charge in [0, 0.05) is 29.8 Å². The van der Waals surface area contributed by atoms with Crippen molar-refractivity contribution in [3.8, 4) is 17.2 Å². The summed E-state index contributed by atoms with van der Waals surface area (Å²) in [5.74, 6) is 0.293. The molecule has 2 atom stereocenters. The van der Waals surface area contributed by atoms with Crippen LogP contribution in [0.4, 0.5) is 5.69 Å². The number of anilines is 1. The van der Waals surface area contributed by atoms with Crippen LogP contribution in [-0.4, -0.2) is 40.0 Å². The third-order valence-electron chi connectivity index (χ3n) is 6.20. The molecular weight excluding hydrogens is 476 g/mol. The Morgan fingerprint density at radius 3 is 2.61 bits per heavy atom. The Bertz CT molecular complexity index is 1420. The summed E-state index contributed by atoms with van der Waals surface area (Å²) in [6.45, 7) is 0. The summed E-state index contributed by atoms with van der Waals surface area (Å²) in [6.07, 6.45) is 3.67. The highest BCUT2D eigenvalue weighted by atomic mass is 32.1. The fourth-order valence-corrected chi connectivity index (χ4v) is 4.90. The van der Waals surface area contributed by atoms with Crippen LogP contribution in [0.1, 0.15) is 33.8 Å². The second-order valence-corrected chi connectivity index (χ2v) is 8.58. The van der Waals surface area contributed by atoms with E-state index in [2.05, 4.69) is 10.3 Å². The molecule has 0 aliphatic carbocycles. The summed E-state index contributed by atoms with van der Waals surface area (Å²) in [5, 5.41) is 13.5. The third kappa shape index (κ3) is 4.14. The summed E-state index contributed by atoms with van der Waals surface area (Å²) < 4.78 is 13.1. The number of aromatic carboxylic acids is 1. The maximum Gasteiger partial charge on any atom is 0.335 e. The average Bonchev–Trinajstić information content (AvgIpc) is 3.53. The van der Waals surface area contributed by atoms with E-state index in [1.165, 1.54) is 0 Å². The van der Waals surface area contributed by atoms with Gasteiger partial charge in [0.15, 0.2) is 5.11 Å². The van der Waals surface area contributed by atoms with Crippen LogP contribution in [0.15, 0.2) is 85.2 Å². The molecule has 0 radical (unpaired) electrons. The number of thiocarbonyl (C=S) groups is 1. The average molecular weight is 501 g/mol. The van der Waals surface area contributed by atoms with Crippen LogP contribution >= 0.6 is 12.2 Å². The van der Waals surface area contributed by atoms with E-state index in [9.17, 15) is 9.90 Å². The molecule has 4 aromatic rings. The minimum atomic E-state index is -0.981. The first-order chi connectivity index (χ1) is 17.5. The Kier molecular flexibility index (Phi) is 6.30. The fraction of sp³-hybridized carbons (Fsp3) is 0.148. The zero-order valence-corrected chi connectivity index (χ0v) is 20.5. The molecule has 1 saturated heterocycles. The summed E-state index contributed by atoms with van der Waals surface area (Å²) in [4.78, 5) is 18.2. The molecule has 8 nitrogen and oxygen atoms in total. The van der Waals surface area contributed by atoms with Gasteiger partial charge >= 0.3 is 5.97 Å². The lowest BCUT2D eigenvalue weighted by molar-refractivity contribution is 0.0697. The highest BCUT2D eigenvalue weighted by molar-refractivity contribution is 7.80. The zero-order chi connectivity index (χ0) is 25.2. The normalized spacial score (nSPS) is 17.1. The van der Waals surface area contributed by atoms with E-state index in [4.69, 9.17) is 21.7 Å². The molecule has 2 aromatic carbocycles. The summed E-state index contributed by atoms with van der Waals surface area (Å²) >= 11 is 5.85. The molecule has 0 spiro atoms. The molecule has 9 heteroatoms. The van der Waals surface area contributed by atoms with Gasteiger partial charge in [0.25, 0.3) is 0 Å². The van der Waals surface area contributed by atoms with Crippen LogP contribution in [0.3, 0.4) is 0 Å². The molecule has 0 amide bonds. The second kappa shape index (κ2) is 9.71. The predicted molar refractivity (Wildman–Crippen MR) is 140 cm³/mol. The highest BCUT2D eigenvalue weighted by Gasteiger charge is 2.43. The number of carboxylic acids is 1. The summed E-state index contributed by atoms with van der Waals surface area (Å²) in [5.41, 5.74) is 3.44. The standard InChI is InChI=1S/C27H24N4O4S/c1-34-19-11-12-21(23(16-19)35-2)31-25(24(29-27(31)36)20-9-3-4-13-28-20)22-10-6-14-30(22)18-8-5-7-17(15-18)26(32)33/h3-16,24-25H,1-2H3,(H,29,36)(H,32,33)/t24-,25+/m1/s1. The lowest BCUT2D eigenvalue weighted by Gasteiger charge is -2.30. The zero-order valence-electron chi connectivity index (χ0n) is 19.7. The van der Waals surface area contributed by atoms with Gasteiger partial charge < -0.3 is 29.4 Å². The number of rotatable bonds is 7. The fourth-order valence-electron chi connectivity index (χ4n) is 4.56. The number of nitrogens with one attached hydrogen (secondary N) is 1. The number of carboxylic acid groups (broad SMARTS) is 1. The van der Waals surface area contributed by atoms with Crippen molar-refractivity contribution < 1.29 is 19.4 Å². The number of methoxy groups -OCH3 is 2. The van der Waals surface area contributed by atoms with Gasteiger partial charge in [-0.1, -0.05) is 12.1 Å². The van der Waals surface area contributed by atoms with E-state index in [1.54, 1.807) is 38.6 Å². The number of ether oxygens (including phenoxy) is 2. The van der Waals surface area contributed by atoms with Gasteiger partial charge in [-0.3, -0.25) is 4.98 Å². The molecule has 0 saturated carbocycles. The molecule has 1 aliphatic rings. The van der Waals surface area contributed by atoms with Crippen LogP contribution < -0.4 is 19.7 Å². The third-order valence-corrected chi connectivity index (χ3v) is 6.51. The highest BCUT2D eigenvalue weighted by Crippen LogP contribution is 2.45. The smallest absolute Gasteiger partial charge is 0.335 e. The van der Waals surface area contributed by atoms with Gasteiger partial charge in [-0.05, 0) is 66.8 Å². The molecule has 1 aliphatic heterocycles. The quantitative estimate of drug-likeness (QED) is 0.351. The first-order valence-electron chi connectivity index (χ1n) is 11.3. The molecule has 182 valence electrons. The van der Waals surface area contributed by atoms with Crippen molar-refractivity contribution >= 4 is 29.0 Å². The van der Waals surface area contributed by atoms with Gasteiger partial charge in [0.2, 0.25) is 0 Å². The molecule has 2 aromatic heterocycles. The number of nitrogens with zero attached hydrogens (tertiary/aromatic N) is 3. The number of carbonyl (C=O) groups is 1. The molecule has 3 heterocycles. The van der Waals surface area contributed by atoms with Gasteiger partial charge in [0.05, 0.1) is 37.2 Å². The minimum absolute atomic E-state index is 0.210. The van der Waals surface area contributed by atoms with E-state index >= 15 is 0 Å². The summed E-state index contributed by atoms with van der Waals surface area (Å²) in [6, 6.07) is 21.6.